The second-order valence-electron chi connectivity index (χ2n) is 8.30. The summed E-state index contributed by atoms with van der Waals surface area (Å²) in [5.41, 5.74) is 3.07. The molecule has 1 unspecified atom stereocenters. The molecule has 2 aromatic rings. The molecule has 3 amide bonds. The standard InChI is InChI=1S/C22H32BrN7O4/c1-6-34-22(33)28-11-9-27(10-12-28)21(32)17(5)30-13-18(14(2)25-30)24-19(31)7-8-29-16(4)20(23)15(3)26-29/h13,17H,6-12H2,1-5H3,(H,24,31). The summed E-state index contributed by atoms with van der Waals surface area (Å²) in [5, 5.41) is 11.8. The number of nitrogens with zero attached hydrogens (tertiary/aromatic N) is 6. The molecule has 0 spiro atoms. The number of carbonyl (C=O) groups excluding carboxylic acids is 3. The van der Waals surface area contributed by atoms with E-state index in [0.29, 0.717) is 50.7 Å². The van der Waals surface area contributed by atoms with E-state index in [1.54, 1.807) is 46.1 Å². The van der Waals surface area contributed by atoms with Crippen LogP contribution in [0.15, 0.2) is 10.7 Å². The van der Waals surface area contributed by atoms with Crippen molar-refractivity contribution >= 4 is 39.5 Å². The molecule has 186 valence electrons. The zero-order chi connectivity index (χ0) is 25.0. The first kappa shape index (κ1) is 25.7. The van der Waals surface area contributed by atoms with Gasteiger partial charge in [-0.2, -0.15) is 10.2 Å². The Labute approximate surface area is 207 Å². The van der Waals surface area contributed by atoms with E-state index in [2.05, 4.69) is 31.4 Å². The maximum absolute atomic E-state index is 13.0. The topological polar surface area (TPSA) is 115 Å². The Kier molecular flexibility index (Phi) is 8.34. The van der Waals surface area contributed by atoms with Crippen LogP contribution in [0.2, 0.25) is 0 Å². The van der Waals surface area contributed by atoms with Crippen molar-refractivity contribution in [1.82, 2.24) is 29.4 Å². The van der Waals surface area contributed by atoms with E-state index in [4.69, 9.17) is 4.74 Å². The van der Waals surface area contributed by atoms with Crippen molar-refractivity contribution in [3.63, 3.8) is 0 Å². The lowest BCUT2D eigenvalue weighted by Gasteiger charge is -2.35. The number of rotatable bonds is 7. The number of piperazine rings is 1. The number of carbonyl (C=O) groups is 3. The van der Waals surface area contributed by atoms with Gasteiger partial charge in [-0.25, -0.2) is 4.79 Å². The molecular weight excluding hydrogens is 506 g/mol. The van der Waals surface area contributed by atoms with Gasteiger partial charge in [-0.1, -0.05) is 0 Å². The van der Waals surface area contributed by atoms with E-state index in [0.717, 1.165) is 15.9 Å². The van der Waals surface area contributed by atoms with Crippen LogP contribution in [0.25, 0.3) is 0 Å². The van der Waals surface area contributed by atoms with Gasteiger partial charge in [0.25, 0.3) is 0 Å². The zero-order valence-electron chi connectivity index (χ0n) is 20.3. The first-order chi connectivity index (χ1) is 16.1. The predicted octanol–water partition coefficient (Wildman–Crippen LogP) is 2.66. The lowest BCUT2D eigenvalue weighted by Crippen LogP contribution is -2.52. The highest BCUT2D eigenvalue weighted by molar-refractivity contribution is 9.10. The van der Waals surface area contributed by atoms with E-state index >= 15 is 0 Å². The summed E-state index contributed by atoms with van der Waals surface area (Å²) in [5.74, 6) is -0.237. The van der Waals surface area contributed by atoms with Gasteiger partial charge in [0, 0.05) is 44.5 Å². The van der Waals surface area contributed by atoms with E-state index in [1.807, 2.05) is 13.8 Å². The lowest BCUT2D eigenvalue weighted by molar-refractivity contribution is -0.136. The highest BCUT2D eigenvalue weighted by Gasteiger charge is 2.29. The smallest absolute Gasteiger partial charge is 0.409 e. The SMILES string of the molecule is CCOC(=O)N1CCN(C(=O)C(C)n2cc(NC(=O)CCn3nc(C)c(Br)c3C)c(C)n2)CC1. The summed E-state index contributed by atoms with van der Waals surface area (Å²) in [6.45, 7) is 11.7. The number of anilines is 1. The van der Waals surface area contributed by atoms with Crippen LogP contribution in [0.3, 0.4) is 0 Å². The van der Waals surface area contributed by atoms with Crippen LogP contribution in [0, 0.1) is 20.8 Å². The minimum Gasteiger partial charge on any atom is -0.450 e. The van der Waals surface area contributed by atoms with Crippen molar-refractivity contribution in [2.24, 2.45) is 0 Å². The average Bonchev–Trinajstić information content (AvgIpc) is 3.30. The molecule has 1 aliphatic heterocycles. The van der Waals surface area contributed by atoms with Crippen molar-refractivity contribution in [3.05, 3.63) is 27.8 Å². The minimum atomic E-state index is -0.537. The Morgan fingerprint density at radius 1 is 1.09 bits per heavy atom. The third-order valence-corrected chi connectivity index (χ3v) is 7.05. The Balaban J connectivity index is 1.55. The van der Waals surface area contributed by atoms with E-state index < -0.39 is 6.04 Å². The number of aromatic nitrogens is 4. The van der Waals surface area contributed by atoms with Crippen molar-refractivity contribution in [2.45, 2.75) is 53.6 Å². The second kappa shape index (κ2) is 11.0. The fourth-order valence-electron chi connectivity index (χ4n) is 3.82. The fraction of sp³-hybridized carbons (Fsp3) is 0.591. The fourth-order valence-corrected chi connectivity index (χ4v) is 4.10. The molecule has 0 bridgehead atoms. The summed E-state index contributed by atoms with van der Waals surface area (Å²) in [6.07, 6.45) is 1.60. The summed E-state index contributed by atoms with van der Waals surface area (Å²) in [6, 6.07) is -0.537. The molecule has 2 aromatic heterocycles. The van der Waals surface area contributed by atoms with Crippen molar-refractivity contribution in [3.8, 4) is 0 Å². The van der Waals surface area contributed by atoms with Crippen LogP contribution >= 0.6 is 15.9 Å². The van der Waals surface area contributed by atoms with E-state index in [1.165, 1.54) is 0 Å². The number of ether oxygens (including phenoxy) is 1. The van der Waals surface area contributed by atoms with Crippen LogP contribution < -0.4 is 5.32 Å². The molecule has 1 fully saturated rings. The van der Waals surface area contributed by atoms with Gasteiger partial charge in [0.2, 0.25) is 11.8 Å². The Hall–Kier alpha value is -2.89. The molecule has 1 aliphatic rings. The highest BCUT2D eigenvalue weighted by atomic mass is 79.9. The molecular formula is C22H32BrN7O4. The van der Waals surface area contributed by atoms with Crippen LogP contribution in [-0.4, -0.2) is 80.1 Å². The molecule has 3 heterocycles. The summed E-state index contributed by atoms with van der Waals surface area (Å²) in [4.78, 5) is 40.7. The summed E-state index contributed by atoms with van der Waals surface area (Å²) < 4.78 is 9.35. The van der Waals surface area contributed by atoms with Crippen LogP contribution in [0.5, 0.6) is 0 Å². The van der Waals surface area contributed by atoms with Crippen LogP contribution in [0.1, 0.15) is 43.4 Å². The molecule has 1 N–H and O–H groups in total. The summed E-state index contributed by atoms with van der Waals surface area (Å²) >= 11 is 3.49. The predicted molar refractivity (Wildman–Crippen MR) is 129 cm³/mol. The Morgan fingerprint density at radius 2 is 1.74 bits per heavy atom. The van der Waals surface area contributed by atoms with E-state index in [-0.39, 0.29) is 24.3 Å². The number of amides is 3. The normalized spacial score (nSPS) is 14.8. The van der Waals surface area contributed by atoms with Gasteiger partial charge in [-0.15, -0.1) is 0 Å². The van der Waals surface area contributed by atoms with Crippen molar-refractivity contribution in [2.75, 3.05) is 38.1 Å². The molecule has 0 aliphatic carbocycles. The molecule has 3 rings (SSSR count). The van der Waals surface area contributed by atoms with Crippen LogP contribution in [0.4, 0.5) is 10.5 Å². The molecule has 12 heteroatoms. The minimum absolute atomic E-state index is 0.0843. The molecule has 1 atom stereocenters. The third kappa shape index (κ3) is 5.78. The van der Waals surface area contributed by atoms with Gasteiger partial charge in [0.05, 0.1) is 34.7 Å². The Bertz CT molecular complexity index is 1060. The van der Waals surface area contributed by atoms with Crippen LogP contribution in [-0.2, 0) is 20.9 Å². The average molecular weight is 538 g/mol. The monoisotopic (exact) mass is 537 g/mol. The number of hydrogen-bond donors (Lipinski definition) is 1. The largest absolute Gasteiger partial charge is 0.450 e. The maximum Gasteiger partial charge on any atom is 0.409 e. The number of nitrogens with one attached hydrogen (secondary N) is 1. The maximum atomic E-state index is 13.0. The number of aryl methyl sites for hydroxylation is 3. The van der Waals surface area contributed by atoms with Gasteiger partial charge >= 0.3 is 6.09 Å². The number of hydrogen-bond acceptors (Lipinski definition) is 6. The third-order valence-electron chi connectivity index (χ3n) is 5.91. The molecule has 0 radical (unpaired) electrons. The van der Waals surface area contributed by atoms with Gasteiger partial charge in [-0.3, -0.25) is 19.0 Å². The molecule has 0 saturated carbocycles. The number of halogens is 1. The first-order valence-corrected chi connectivity index (χ1v) is 12.2. The highest BCUT2D eigenvalue weighted by Crippen LogP contribution is 2.21. The van der Waals surface area contributed by atoms with Gasteiger partial charge in [0.15, 0.2) is 0 Å². The lowest BCUT2D eigenvalue weighted by atomic mass is 10.2. The summed E-state index contributed by atoms with van der Waals surface area (Å²) in [7, 11) is 0. The second-order valence-corrected chi connectivity index (χ2v) is 9.09. The van der Waals surface area contributed by atoms with Crippen molar-refractivity contribution < 1.29 is 19.1 Å². The van der Waals surface area contributed by atoms with Gasteiger partial charge in [0.1, 0.15) is 6.04 Å². The quantitative estimate of drug-likeness (QED) is 0.580. The zero-order valence-corrected chi connectivity index (χ0v) is 21.9. The van der Waals surface area contributed by atoms with Gasteiger partial charge in [-0.05, 0) is 50.5 Å². The molecule has 11 nitrogen and oxygen atoms in total. The molecule has 0 aromatic carbocycles. The van der Waals surface area contributed by atoms with Gasteiger partial charge < -0.3 is 19.9 Å². The molecule has 34 heavy (non-hydrogen) atoms. The Morgan fingerprint density at radius 3 is 2.32 bits per heavy atom. The molecule has 1 saturated heterocycles. The van der Waals surface area contributed by atoms with Crippen molar-refractivity contribution in [1.29, 1.82) is 0 Å². The van der Waals surface area contributed by atoms with E-state index in [9.17, 15) is 14.4 Å². The first-order valence-electron chi connectivity index (χ1n) is 11.4.